The fraction of sp³-hybridized carbons (Fsp3) is 0.750. The second kappa shape index (κ2) is 4.87. The van der Waals surface area contributed by atoms with E-state index in [4.69, 9.17) is 9.47 Å². The van der Waals surface area contributed by atoms with Gasteiger partial charge in [0.05, 0.1) is 18.8 Å². The number of esters is 1. The second-order valence-corrected chi connectivity index (χ2v) is 4.20. The number of carbonyl (C=O) groups is 1. The highest BCUT2D eigenvalue weighted by molar-refractivity contribution is 5.89. The van der Waals surface area contributed by atoms with Crippen molar-refractivity contribution in [3.8, 4) is 0 Å². The van der Waals surface area contributed by atoms with Crippen molar-refractivity contribution in [3.05, 3.63) is 11.3 Å². The van der Waals surface area contributed by atoms with Gasteiger partial charge in [-0.2, -0.15) is 0 Å². The molecule has 4 heteroatoms. The van der Waals surface area contributed by atoms with E-state index in [1.807, 2.05) is 13.8 Å². The Morgan fingerprint density at radius 1 is 1.62 bits per heavy atom. The van der Waals surface area contributed by atoms with Crippen molar-refractivity contribution in [1.82, 2.24) is 4.90 Å². The predicted molar refractivity (Wildman–Crippen MR) is 59.6 cm³/mol. The molecule has 0 saturated carbocycles. The van der Waals surface area contributed by atoms with Gasteiger partial charge < -0.3 is 14.4 Å². The van der Waals surface area contributed by atoms with Crippen LogP contribution in [0.2, 0.25) is 0 Å². The first kappa shape index (κ1) is 11.5. The molecule has 1 atom stereocenters. The SMILES string of the molecule is CCOC(=O)C1=C(C)N2CCCOC2CC1. The largest absolute Gasteiger partial charge is 0.463 e. The molecule has 0 radical (unpaired) electrons. The Hall–Kier alpha value is -1.03. The van der Waals surface area contributed by atoms with Gasteiger partial charge in [0.25, 0.3) is 0 Å². The molecule has 16 heavy (non-hydrogen) atoms. The molecule has 0 aromatic heterocycles. The summed E-state index contributed by atoms with van der Waals surface area (Å²) < 4.78 is 10.7. The van der Waals surface area contributed by atoms with Crippen LogP contribution in [-0.2, 0) is 14.3 Å². The fourth-order valence-electron chi connectivity index (χ4n) is 2.40. The highest BCUT2D eigenvalue weighted by Gasteiger charge is 2.31. The average Bonchev–Trinajstić information content (AvgIpc) is 2.30. The van der Waals surface area contributed by atoms with Gasteiger partial charge in [-0.3, -0.25) is 0 Å². The molecular formula is C12H19NO3. The van der Waals surface area contributed by atoms with Gasteiger partial charge in [-0.15, -0.1) is 0 Å². The Labute approximate surface area is 96.2 Å². The summed E-state index contributed by atoms with van der Waals surface area (Å²) in [6.07, 6.45) is 2.87. The summed E-state index contributed by atoms with van der Waals surface area (Å²) in [4.78, 5) is 13.9. The molecule has 0 aliphatic carbocycles. The van der Waals surface area contributed by atoms with Crippen LogP contribution in [0, 0.1) is 0 Å². The number of hydrogen-bond donors (Lipinski definition) is 0. The van der Waals surface area contributed by atoms with E-state index in [0.717, 1.165) is 43.7 Å². The zero-order valence-corrected chi connectivity index (χ0v) is 9.99. The molecule has 0 aromatic rings. The van der Waals surface area contributed by atoms with Crippen LogP contribution in [0.25, 0.3) is 0 Å². The summed E-state index contributed by atoms with van der Waals surface area (Å²) in [6, 6.07) is 0. The first-order valence-corrected chi connectivity index (χ1v) is 5.99. The molecule has 2 aliphatic heterocycles. The van der Waals surface area contributed by atoms with Crippen LogP contribution in [-0.4, -0.2) is 36.9 Å². The zero-order chi connectivity index (χ0) is 11.5. The summed E-state index contributed by atoms with van der Waals surface area (Å²) >= 11 is 0. The third-order valence-corrected chi connectivity index (χ3v) is 3.23. The fourth-order valence-corrected chi connectivity index (χ4v) is 2.40. The second-order valence-electron chi connectivity index (χ2n) is 4.20. The molecule has 1 unspecified atom stereocenters. The summed E-state index contributed by atoms with van der Waals surface area (Å²) in [7, 11) is 0. The maximum Gasteiger partial charge on any atom is 0.335 e. The van der Waals surface area contributed by atoms with E-state index < -0.39 is 0 Å². The maximum absolute atomic E-state index is 11.7. The molecule has 0 bridgehead atoms. The van der Waals surface area contributed by atoms with Gasteiger partial charge in [-0.05, 0) is 33.1 Å². The van der Waals surface area contributed by atoms with Crippen LogP contribution in [0.1, 0.15) is 33.1 Å². The molecule has 2 rings (SSSR count). The molecule has 2 aliphatic rings. The lowest BCUT2D eigenvalue weighted by Crippen LogP contribution is -2.44. The van der Waals surface area contributed by atoms with E-state index in [2.05, 4.69) is 4.90 Å². The first-order chi connectivity index (χ1) is 7.74. The van der Waals surface area contributed by atoms with Gasteiger partial charge in [-0.25, -0.2) is 4.79 Å². The van der Waals surface area contributed by atoms with Gasteiger partial charge in [0.1, 0.15) is 6.23 Å². The summed E-state index contributed by atoms with van der Waals surface area (Å²) in [5, 5.41) is 0. The third-order valence-electron chi connectivity index (χ3n) is 3.23. The molecule has 0 spiro atoms. The van der Waals surface area contributed by atoms with Crippen LogP contribution in [0.4, 0.5) is 0 Å². The number of rotatable bonds is 2. The lowest BCUT2D eigenvalue weighted by molar-refractivity contribution is -0.140. The highest BCUT2D eigenvalue weighted by atomic mass is 16.5. The zero-order valence-electron chi connectivity index (χ0n) is 9.99. The Balaban J connectivity index is 2.15. The predicted octanol–water partition coefficient (Wildman–Crippen LogP) is 1.67. The van der Waals surface area contributed by atoms with Crippen molar-refractivity contribution in [2.75, 3.05) is 19.8 Å². The molecule has 1 fully saturated rings. The normalized spacial score (nSPS) is 25.4. The standard InChI is InChI=1S/C12H19NO3/c1-3-15-12(14)10-5-6-11-13(9(10)2)7-4-8-16-11/h11H,3-8H2,1-2H3. The van der Waals surface area contributed by atoms with E-state index in [0.29, 0.717) is 6.61 Å². The van der Waals surface area contributed by atoms with E-state index in [-0.39, 0.29) is 12.2 Å². The maximum atomic E-state index is 11.7. The Bertz CT molecular complexity index is 311. The number of ether oxygens (including phenoxy) is 2. The molecule has 1 saturated heterocycles. The van der Waals surface area contributed by atoms with E-state index in [1.165, 1.54) is 0 Å². The van der Waals surface area contributed by atoms with Crippen LogP contribution < -0.4 is 0 Å². The van der Waals surface area contributed by atoms with Crippen molar-refractivity contribution < 1.29 is 14.3 Å². The smallest absolute Gasteiger partial charge is 0.335 e. The van der Waals surface area contributed by atoms with Crippen LogP contribution in [0.15, 0.2) is 11.3 Å². The molecule has 4 nitrogen and oxygen atoms in total. The van der Waals surface area contributed by atoms with Gasteiger partial charge in [0.15, 0.2) is 0 Å². The molecule has 0 amide bonds. The molecule has 0 aromatic carbocycles. The van der Waals surface area contributed by atoms with Crippen molar-refractivity contribution >= 4 is 5.97 Å². The van der Waals surface area contributed by atoms with Gasteiger partial charge in [-0.1, -0.05) is 0 Å². The van der Waals surface area contributed by atoms with Gasteiger partial charge in [0.2, 0.25) is 0 Å². The van der Waals surface area contributed by atoms with Crippen LogP contribution >= 0.6 is 0 Å². The minimum atomic E-state index is -0.163. The Morgan fingerprint density at radius 3 is 3.19 bits per heavy atom. The molecule has 2 heterocycles. The lowest BCUT2D eigenvalue weighted by atomic mass is 10.0. The first-order valence-electron chi connectivity index (χ1n) is 5.99. The number of fused-ring (bicyclic) bond motifs is 1. The van der Waals surface area contributed by atoms with Crippen molar-refractivity contribution in [1.29, 1.82) is 0 Å². The molecular weight excluding hydrogens is 206 g/mol. The lowest BCUT2D eigenvalue weighted by Gasteiger charge is -2.41. The monoisotopic (exact) mass is 225 g/mol. The highest BCUT2D eigenvalue weighted by Crippen LogP contribution is 2.30. The third kappa shape index (κ3) is 2.07. The van der Waals surface area contributed by atoms with Crippen molar-refractivity contribution in [2.45, 2.75) is 39.3 Å². The number of allylic oxidation sites excluding steroid dienone is 1. The minimum absolute atomic E-state index is 0.163. The number of nitrogens with zero attached hydrogens (tertiary/aromatic N) is 1. The van der Waals surface area contributed by atoms with Crippen molar-refractivity contribution in [3.63, 3.8) is 0 Å². The Morgan fingerprint density at radius 2 is 2.44 bits per heavy atom. The molecule has 0 N–H and O–H groups in total. The van der Waals surface area contributed by atoms with Crippen LogP contribution in [0.5, 0.6) is 0 Å². The summed E-state index contributed by atoms with van der Waals surface area (Å²) in [5.41, 5.74) is 1.86. The van der Waals surface area contributed by atoms with E-state index in [1.54, 1.807) is 0 Å². The van der Waals surface area contributed by atoms with E-state index in [9.17, 15) is 4.79 Å². The summed E-state index contributed by atoms with van der Waals surface area (Å²) in [5.74, 6) is -0.163. The topological polar surface area (TPSA) is 38.8 Å². The average molecular weight is 225 g/mol. The molecule has 90 valence electrons. The van der Waals surface area contributed by atoms with Crippen molar-refractivity contribution in [2.24, 2.45) is 0 Å². The Kier molecular flexibility index (Phi) is 3.49. The van der Waals surface area contributed by atoms with E-state index >= 15 is 0 Å². The summed E-state index contributed by atoms with van der Waals surface area (Å²) in [6.45, 7) is 6.09. The van der Waals surface area contributed by atoms with Gasteiger partial charge >= 0.3 is 5.97 Å². The minimum Gasteiger partial charge on any atom is -0.463 e. The number of carbonyl (C=O) groups excluding carboxylic acids is 1. The van der Waals surface area contributed by atoms with Gasteiger partial charge in [0, 0.05) is 12.2 Å². The number of hydrogen-bond acceptors (Lipinski definition) is 4. The quantitative estimate of drug-likeness (QED) is 0.670. The van der Waals surface area contributed by atoms with Crippen LogP contribution in [0.3, 0.4) is 0 Å².